The van der Waals surface area contributed by atoms with E-state index >= 15 is 0 Å². The fraction of sp³-hybridized carbons (Fsp3) is 0.400. The van der Waals surface area contributed by atoms with Gasteiger partial charge in [-0.05, 0) is 32.0 Å². The molecule has 1 aliphatic heterocycles. The zero-order valence-electron chi connectivity index (χ0n) is 11.3. The monoisotopic (exact) mass is 258 g/mol. The topological polar surface area (TPSA) is 45.5 Å². The number of carbonyl (C=O) groups is 1. The number of piperazine rings is 1. The SMILES string of the molecule is Cc1ccc2oc(C(=O)N3CCNC[C@H]3C)cc2c1. The van der Waals surface area contributed by atoms with E-state index in [0.717, 1.165) is 30.6 Å². The molecule has 1 aliphatic rings. The lowest BCUT2D eigenvalue weighted by Crippen LogP contribution is -2.52. The minimum atomic E-state index is -0.0112. The average Bonchev–Trinajstić information content (AvgIpc) is 2.81. The second kappa shape index (κ2) is 4.70. The Morgan fingerprint density at radius 3 is 3.05 bits per heavy atom. The van der Waals surface area contributed by atoms with Crippen LogP contribution in [-0.4, -0.2) is 36.5 Å². The van der Waals surface area contributed by atoms with Gasteiger partial charge in [0.05, 0.1) is 0 Å². The quantitative estimate of drug-likeness (QED) is 0.852. The Labute approximate surface area is 112 Å². The smallest absolute Gasteiger partial charge is 0.289 e. The highest BCUT2D eigenvalue weighted by Crippen LogP contribution is 2.22. The molecule has 4 heteroatoms. The summed E-state index contributed by atoms with van der Waals surface area (Å²) in [6.45, 7) is 6.50. The van der Waals surface area contributed by atoms with Crippen molar-refractivity contribution in [2.24, 2.45) is 0 Å². The Hall–Kier alpha value is -1.81. The Bertz CT molecular complexity index is 618. The Morgan fingerprint density at radius 2 is 2.26 bits per heavy atom. The summed E-state index contributed by atoms with van der Waals surface area (Å²) in [5, 5.41) is 4.27. The minimum Gasteiger partial charge on any atom is -0.451 e. The normalized spacial score (nSPS) is 19.9. The summed E-state index contributed by atoms with van der Waals surface area (Å²) >= 11 is 0. The number of aryl methyl sites for hydroxylation is 1. The number of nitrogens with one attached hydrogen (secondary N) is 1. The number of hydrogen-bond donors (Lipinski definition) is 1. The standard InChI is InChI=1S/C15H18N2O2/c1-10-3-4-13-12(7-10)8-14(19-13)15(18)17-6-5-16-9-11(17)2/h3-4,7-8,11,16H,5-6,9H2,1-2H3/t11-/m1/s1. The first-order valence-corrected chi connectivity index (χ1v) is 6.67. The van der Waals surface area contributed by atoms with Gasteiger partial charge in [-0.2, -0.15) is 0 Å². The predicted molar refractivity (Wildman–Crippen MR) is 74.3 cm³/mol. The lowest BCUT2D eigenvalue weighted by Gasteiger charge is -2.33. The largest absolute Gasteiger partial charge is 0.451 e. The molecular formula is C15H18N2O2. The molecule has 0 unspecified atom stereocenters. The summed E-state index contributed by atoms with van der Waals surface area (Å²) in [4.78, 5) is 14.3. The van der Waals surface area contributed by atoms with Gasteiger partial charge < -0.3 is 14.6 Å². The molecule has 1 N–H and O–H groups in total. The van der Waals surface area contributed by atoms with Crippen LogP contribution in [0.15, 0.2) is 28.7 Å². The van der Waals surface area contributed by atoms with E-state index in [0.29, 0.717) is 5.76 Å². The van der Waals surface area contributed by atoms with Crippen LogP contribution in [0.2, 0.25) is 0 Å². The summed E-state index contributed by atoms with van der Waals surface area (Å²) in [5.74, 6) is 0.428. The summed E-state index contributed by atoms with van der Waals surface area (Å²) in [6, 6.07) is 8.00. The van der Waals surface area contributed by atoms with Gasteiger partial charge in [0.25, 0.3) is 5.91 Å². The van der Waals surface area contributed by atoms with Crippen molar-refractivity contribution in [3.05, 3.63) is 35.6 Å². The van der Waals surface area contributed by atoms with E-state index in [2.05, 4.69) is 12.2 Å². The number of benzene rings is 1. The van der Waals surface area contributed by atoms with Gasteiger partial charge in [-0.25, -0.2) is 0 Å². The molecule has 100 valence electrons. The maximum atomic E-state index is 12.5. The molecule has 1 atom stereocenters. The molecule has 2 aromatic rings. The molecule has 19 heavy (non-hydrogen) atoms. The average molecular weight is 258 g/mol. The summed E-state index contributed by atoms with van der Waals surface area (Å²) in [5.41, 5.74) is 1.94. The van der Waals surface area contributed by atoms with E-state index in [9.17, 15) is 4.79 Å². The molecule has 1 saturated heterocycles. The summed E-state index contributed by atoms with van der Waals surface area (Å²) in [6.07, 6.45) is 0. The van der Waals surface area contributed by atoms with Crippen LogP contribution < -0.4 is 5.32 Å². The number of amides is 1. The predicted octanol–water partition coefficient (Wildman–Crippen LogP) is 2.18. The van der Waals surface area contributed by atoms with Crippen LogP contribution in [0.1, 0.15) is 23.0 Å². The molecule has 0 aliphatic carbocycles. The minimum absolute atomic E-state index is 0.0112. The third kappa shape index (κ3) is 2.24. The third-order valence-corrected chi connectivity index (χ3v) is 3.64. The van der Waals surface area contributed by atoms with Crippen LogP contribution >= 0.6 is 0 Å². The Kier molecular flexibility index (Phi) is 3.03. The highest BCUT2D eigenvalue weighted by Gasteiger charge is 2.26. The van der Waals surface area contributed by atoms with Gasteiger partial charge in [0, 0.05) is 31.1 Å². The first kappa shape index (κ1) is 12.2. The molecule has 0 bridgehead atoms. The van der Waals surface area contributed by atoms with Gasteiger partial charge in [-0.1, -0.05) is 11.6 Å². The summed E-state index contributed by atoms with van der Waals surface area (Å²) in [7, 11) is 0. The van der Waals surface area contributed by atoms with Crippen LogP contribution in [0, 0.1) is 6.92 Å². The summed E-state index contributed by atoms with van der Waals surface area (Å²) < 4.78 is 5.67. The van der Waals surface area contributed by atoms with Crippen molar-refractivity contribution in [2.45, 2.75) is 19.9 Å². The molecule has 2 heterocycles. The van der Waals surface area contributed by atoms with Crippen molar-refractivity contribution in [3.8, 4) is 0 Å². The van der Waals surface area contributed by atoms with Crippen molar-refractivity contribution in [1.82, 2.24) is 10.2 Å². The van der Waals surface area contributed by atoms with E-state index in [1.165, 1.54) is 5.56 Å². The van der Waals surface area contributed by atoms with Gasteiger partial charge >= 0.3 is 0 Å². The van der Waals surface area contributed by atoms with E-state index in [-0.39, 0.29) is 11.9 Å². The molecule has 3 rings (SSSR count). The number of nitrogens with zero attached hydrogens (tertiary/aromatic N) is 1. The highest BCUT2D eigenvalue weighted by atomic mass is 16.3. The van der Waals surface area contributed by atoms with Gasteiger partial charge in [-0.15, -0.1) is 0 Å². The second-order valence-corrected chi connectivity index (χ2v) is 5.20. The zero-order chi connectivity index (χ0) is 13.4. The van der Waals surface area contributed by atoms with Crippen LogP contribution in [0.3, 0.4) is 0 Å². The number of hydrogen-bond acceptors (Lipinski definition) is 3. The van der Waals surface area contributed by atoms with Crippen molar-refractivity contribution in [1.29, 1.82) is 0 Å². The molecule has 0 spiro atoms. The molecule has 1 aromatic heterocycles. The van der Waals surface area contributed by atoms with E-state index in [1.807, 2.05) is 36.1 Å². The molecule has 1 fully saturated rings. The van der Waals surface area contributed by atoms with Gasteiger partial charge in [-0.3, -0.25) is 4.79 Å². The highest BCUT2D eigenvalue weighted by molar-refractivity contribution is 5.96. The maximum absolute atomic E-state index is 12.5. The van der Waals surface area contributed by atoms with Gasteiger partial charge in [0.15, 0.2) is 5.76 Å². The van der Waals surface area contributed by atoms with E-state index in [1.54, 1.807) is 0 Å². The van der Waals surface area contributed by atoms with E-state index < -0.39 is 0 Å². The molecule has 4 nitrogen and oxygen atoms in total. The Balaban J connectivity index is 1.92. The van der Waals surface area contributed by atoms with Crippen molar-refractivity contribution >= 4 is 16.9 Å². The second-order valence-electron chi connectivity index (χ2n) is 5.20. The number of fused-ring (bicyclic) bond motifs is 1. The van der Waals surface area contributed by atoms with Gasteiger partial charge in [0.1, 0.15) is 5.58 Å². The van der Waals surface area contributed by atoms with Gasteiger partial charge in [0.2, 0.25) is 0 Å². The lowest BCUT2D eigenvalue weighted by molar-refractivity contribution is 0.0625. The molecule has 1 aromatic carbocycles. The zero-order valence-corrected chi connectivity index (χ0v) is 11.3. The van der Waals surface area contributed by atoms with Crippen LogP contribution in [0.5, 0.6) is 0 Å². The van der Waals surface area contributed by atoms with Crippen LogP contribution in [0.4, 0.5) is 0 Å². The van der Waals surface area contributed by atoms with Crippen molar-refractivity contribution < 1.29 is 9.21 Å². The molecule has 0 radical (unpaired) electrons. The lowest BCUT2D eigenvalue weighted by atomic mass is 10.1. The third-order valence-electron chi connectivity index (χ3n) is 3.64. The first-order chi connectivity index (χ1) is 9.15. The number of carbonyl (C=O) groups excluding carboxylic acids is 1. The Morgan fingerprint density at radius 1 is 1.42 bits per heavy atom. The maximum Gasteiger partial charge on any atom is 0.289 e. The number of rotatable bonds is 1. The fourth-order valence-electron chi connectivity index (χ4n) is 2.55. The van der Waals surface area contributed by atoms with Crippen molar-refractivity contribution in [2.75, 3.05) is 19.6 Å². The number of furan rings is 1. The molecule has 1 amide bonds. The van der Waals surface area contributed by atoms with Crippen LogP contribution in [0.25, 0.3) is 11.0 Å². The van der Waals surface area contributed by atoms with Crippen LogP contribution in [-0.2, 0) is 0 Å². The van der Waals surface area contributed by atoms with E-state index in [4.69, 9.17) is 4.42 Å². The van der Waals surface area contributed by atoms with Crippen molar-refractivity contribution in [3.63, 3.8) is 0 Å². The molecular weight excluding hydrogens is 240 g/mol. The fourth-order valence-corrected chi connectivity index (χ4v) is 2.55. The first-order valence-electron chi connectivity index (χ1n) is 6.67. The molecule has 0 saturated carbocycles.